The molecule has 0 aliphatic heterocycles. The van der Waals surface area contributed by atoms with Gasteiger partial charge in [0, 0.05) is 0 Å². The molecular formula is C21H18. The summed E-state index contributed by atoms with van der Waals surface area (Å²) >= 11 is 0. The molecule has 0 heteroatoms. The molecular weight excluding hydrogens is 252 g/mol. The highest BCUT2D eigenvalue weighted by Gasteiger charge is 2.23. The van der Waals surface area contributed by atoms with Gasteiger partial charge >= 0.3 is 0 Å². The summed E-state index contributed by atoms with van der Waals surface area (Å²) in [6.07, 6.45) is 7.70. The van der Waals surface area contributed by atoms with Crippen molar-refractivity contribution in [3.63, 3.8) is 0 Å². The Morgan fingerprint density at radius 3 is 2.48 bits per heavy atom. The molecule has 0 spiro atoms. The summed E-state index contributed by atoms with van der Waals surface area (Å²) in [5.41, 5.74) is 11.3. The third-order valence-corrected chi connectivity index (χ3v) is 4.50. The standard InChI is InChI=1S/C21H18/c1-14(2)16-9-5-10-18(16)20-12-6-11-19-17-8-4-3-7-15(17)13-21(19)20/h3-12H,13H2,1-2H3. The van der Waals surface area contributed by atoms with Gasteiger partial charge < -0.3 is 0 Å². The SMILES string of the molecule is CC(C)=C1C=CC=C1c1cccc2c1Cc1ccccc1-2. The highest BCUT2D eigenvalue weighted by molar-refractivity contribution is 5.92. The van der Waals surface area contributed by atoms with E-state index in [4.69, 9.17) is 0 Å². The summed E-state index contributed by atoms with van der Waals surface area (Å²) < 4.78 is 0. The van der Waals surface area contributed by atoms with Crippen molar-refractivity contribution in [2.24, 2.45) is 0 Å². The van der Waals surface area contributed by atoms with Crippen molar-refractivity contribution in [3.05, 3.63) is 88.5 Å². The average molecular weight is 270 g/mol. The van der Waals surface area contributed by atoms with Crippen LogP contribution in [0.1, 0.15) is 30.5 Å². The minimum atomic E-state index is 1.05. The zero-order valence-corrected chi connectivity index (χ0v) is 12.5. The Kier molecular flexibility index (Phi) is 2.71. The molecule has 2 aromatic rings. The molecule has 0 bridgehead atoms. The van der Waals surface area contributed by atoms with Crippen molar-refractivity contribution in [2.75, 3.05) is 0 Å². The van der Waals surface area contributed by atoms with Gasteiger partial charge in [0.05, 0.1) is 0 Å². The Balaban J connectivity index is 1.90. The first kappa shape index (κ1) is 12.4. The van der Waals surface area contributed by atoms with Gasteiger partial charge in [0.2, 0.25) is 0 Å². The first-order chi connectivity index (χ1) is 10.3. The lowest BCUT2D eigenvalue weighted by atomic mass is 9.91. The molecule has 0 unspecified atom stereocenters. The minimum absolute atomic E-state index is 1.05. The van der Waals surface area contributed by atoms with Crippen LogP contribution in [0.25, 0.3) is 16.7 Å². The predicted molar refractivity (Wildman–Crippen MR) is 90.2 cm³/mol. The summed E-state index contributed by atoms with van der Waals surface area (Å²) in [4.78, 5) is 0. The number of benzene rings is 2. The Hall–Kier alpha value is -2.34. The van der Waals surface area contributed by atoms with E-state index >= 15 is 0 Å². The molecule has 102 valence electrons. The minimum Gasteiger partial charge on any atom is -0.0686 e. The van der Waals surface area contributed by atoms with Gasteiger partial charge in [0.25, 0.3) is 0 Å². The molecule has 2 aromatic carbocycles. The largest absolute Gasteiger partial charge is 0.0686 e. The van der Waals surface area contributed by atoms with Crippen molar-refractivity contribution in [3.8, 4) is 11.1 Å². The Morgan fingerprint density at radius 1 is 0.857 bits per heavy atom. The number of rotatable bonds is 1. The van der Waals surface area contributed by atoms with Gasteiger partial charge in [0.1, 0.15) is 0 Å². The fourth-order valence-electron chi connectivity index (χ4n) is 3.50. The van der Waals surface area contributed by atoms with Crippen molar-refractivity contribution >= 4 is 5.57 Å². The fraction of sp³-hybridized carbons (Fsp3) is 0.143. The molecule has 2 aliphatic rings. The lowest BCUT2D eigenvalue weighted by Crippen LogP contribution is -1.94. The highest BCUT2D eigenvalue weighted by Crippen LogP contribution is 2.42. The van der Waals surface area contributed by atoms with E-state index in [0.717, 1.165) is 6.42 Å². The van der Waals surface area contributed by atoms with Crippen LogP contribution in [-0.2, 0) is 6.42 Å². The van der Waals surface area contributed by atoms with Crippen LogP contribution < -0.4 is 0 Å². The van der Waals surface area contributed by atoms with Gasteiger partial charge in [-0.3, -0.25) is 0 Å². The van der Waals surface area contributed by atoms with Gasteiger partial charge in [-0.1, -0.05) is 66.3 Å². The molecule has 0 heterocycles. The molecule has 0 nitrogen and oxygen atoms in total. The summed E-state index contributed by atoms with van der Waals surface area (Å²) in [6.45, 7) is 4.38. The van der Waals surface area contributed by atoms with Crippen LogP contribution in [-0.4, -0.2) is 0 Å². The van der Waals surface area contributed by atoms with Crippen LogP contribution in [0, 0.1) is 0 Å². The second-order valence-corrected chi connectivity index (χ2v) is 6.02. The smallest absolute Gasteiger partial charge is 0.000728 e. The van der Waals surface area contributed by atoms with Gasteiger partial charge in [-0.15, -0.1) is 0 Å². The van der Waals surface area contributed by atoms with E-state index in [1.54, 1.807) is 0 Å². The van der Waals surface area contributed by atoms with Gasteiger partial charge in [0.15, 0.2) is 0 Å². The van der Waals surface area contributed by atoms with Crippen LogP contribution in [0.3, 0.4) is 0 Å². The lowest BCUT2D eigenvalue weighted by molar-refractivity contribution is 1.24. The second kappa shape index (κ2) is 4.60. The molecule has 21 heavy (non-hydrogen) atoms. The van der Waals surface area contributed by atoms with Gasteiger partial charge in [-0.25, -0.2) is 0 Å². The van der Waals surface area contributed by atoms with Crippen LogP contribution >= 0.6 is 0 Å². The molecule has 0 saturated heterocycles. The van der Waals surface area contributed by atoms with Crippen LogP contribution in [0.15, 0.2) is 71.8 Å². The topological polar surface area (TPSA) is 0 Å². The van der Waals surface area contributed by atoms with Crippen molar-refractivity contribution in [1.82, 2.24) is 0 Å². The number of hydrogen-bond donors (Lipinski definition) is 0. The molecule has 0 N–H and O–H groups in total. The summed E-state index contributed by atoms with van der Waals surface area (Å²) in [5, 5.41) is 0. The highest BCUT2D eigenvalue weighted by atomic mass is 14.3. The molecule has 0 radical (unpaired) electrons. The zero-order valence-electron chi connectivity index (χ0n) is 12.5. The first-order valence-electron chi connectivity index (χ1n) is 7.52. The second-order valence-electron chi connectivity index (χ2n) is 6.02. The first-order valence-corrected chi connectivity index (χ1v) is 7.52. The quantitative estimate of drug-likeness (QED) is 0.544. The van der Waals surface area contributed by atoms with Crippen LogP contribution in [0.5, 0.6) is 0 Å². The zero-order chi connectivity index (χ0) is 14.4. The van der Waals surface area contributed by atoms with E-state index in [0.29, 0.717) is 0 Å². The van der Waals surface area contributed by atoms with E-state index in [1.807, 2.05) is 0 Å². The van der Waals surface area contributed by atoms with E-state index in [-0.39, 0.29) is 0 Å². The van der Waals surface area contributed by atoms with Gasteiger partial charge in [-0.05, 0) is 59.2 Å². The third kappa shape index (κ3) is 1.83. The fourth-order valence-corrected chi connectivity index (χ4v) is 3.50. The summed E-state index contributed by atoms with van der Waals surface area (Å²) in [6, 6.07) is 15.5. The van der Waals surface area contributed by atoms with E-state index in [1.165, 1.54) is 44.5 Å². The lowest BCUT2D eigenvalue weighted by Gasteiger charge is -2.13. The molecule has 0 atom stereocenters. The van der Waals surface area contributed by atoms with E-state index < -0.39 is 0 Å². The van der Waals surface area contributed by atoms with Crippen molar-refractivity contribution in [2.45, 2.75) is 20.3 Å². The number of fused-ring (bicyclic) bond motifs is 3. The Morgan fingerprint density at radius 2 is 1.62 bits per heavy atom. The Labute approximate surface area is 126 Å². The van der Waals surface area contributed by atoms with E-state index in [9.17, 15) is 0 Å². The number of hydrogen-bond acceptors (Lipinski definition) is 0. The molecule has 0 fully saturated rings. The Bertz CT molecular complexity index is 825. The van der Waals surface area contributed by atoms with Crippen LogP contribution in [0.2, 0.25) is 0 Å². The molecule has 0 aromatic heterocycles. The van der Waals surface area contributed by atoms with E-state index in [2.05, 4.69) is 74.5 Å². The average Bonchev–Trinajstić information content (AvgIpc) is 3.11. The maximum Gasteiger partial charge on any atom is -0.000728 e. The maximum atomic E-state index is 2.27. The van der Waals surface area contributed by atoms with Crippen molar-refractivity contribution < 1.29 is 0 Å². The molecule has 0 saturated carbocycles. The van der Waals surface area contributed by atoms with Crippen molar-refractivity contribution in [1.29, 1.82) is 0 Å². The number of allylic oxidation sites excluding steroid dienone is 6. The molecule has 2 aliphatic carbocycles. The summed E-state index contributed by atoms with van der Waals surface area (Å²) in [7, 11) is 0. The molecule has 0 amide bonds. The summed E-state index contributed by atoms with van der Waals surface area (Å²) in [5.74, 6) is 0. The predicted octanol–water partition coefficient (Wildman–Crippen LogP) is 5.55. The maximum absolute atomic E-state index is 2.27. The monoisotopic (exact) mass is 270 g/mol. The third-order valence-electron chi connectivity index (χ3n) is 4.50. The van der Waals surface area contributed by atoms with Gasteiger partial charge in [-0.2, -0.15) is 0 Å². The molecule has 4 rings (SSSR count). The van der Waals surface area contributed by atoms with Crippen LogP contribution in [0.4, 0.5) is 0 Å². The normalized spacial score (nSPS) is 15.0.